The van der Waals surface area contributed by atoms with E-state index in [9.17, 15) is 0 Å². The van der Waals surface area contributed by atoms with Crippen molar-refractivity contribution in [2.24, 2.45) is 16.5 Å². The first-order valence-electron chi connectivity index (χ1n) is 4.99. The van der Waals surface area contributed by atoms with Gasteiger partial charge in [-0.15, -0.1) is 0 Å². The first-order valence-corrected chi connectivity index (χ1v) is 4.99. The minimum atomic E-state index is 0.160. The molecule has 0 saturated heterocycles. The van der Waals surface area contributed by atoms with Gasteiger partial charge in [0, 0.05) is 19.3 Å². The van der Waals surface area contributed by atoms with Crippen LogP contribution in [0.15, 0.2) is 29.4 Å². The molecular weight excluding hydrogens is 190 g/mol. The molecule has 0 aliphatic rings. The number of guanidine groups is 1. The molecule has 15 heavy (non-hydrogen) atoms. The number of nitrogens with zero attached hydrogens (tertiary/aromatic N) is 2. The van der Waals surface area contributed by atoms with Gasteiger partial charge in [-0.2, -0.15) is 0 Å². The third-order valence-electron chi connectivity index (χ3n) is 1.85. The highest BCUT2D eigenvalue weighted by molar-refractivity contribution is 5.75. The van der Waals surface area contributed by atoms with Gasteiger partial charge in [0.1, 0.15) is 5.82 Å². The second-order valence-corrected chi connectivity index (χ2v) is 3.16. The maximum atomic E-state index is 5.20. The highest BCUT2D eigenvalue weighted by atomic mass is 15.0. The molecule has 0 aliphatic carbocycles. The quantitative estimate of drug-likeness (QED) is 0.361. The third-order valence-corrected chi connectivity index (χ3v) is 1.85. The van der Waals surface area contributed by atoms with Gasteiger partial charge in [-0.1, -0.05) is 6.07 Å². The summed E-state index contributed by atoms with van der Waals surface area (Å²) in [6.07, 6.45) is 3.76. The summed E-state index contributed by atoms with van der Waals surface area (Å²) in [6, 6.07) is 5.79. The van der Waals surface area contributed by atoms with E-state index >= 15 is 0 Å². The van der Waals surface area contributed by atoms with E-state index in [1.807, 2.05) is 18.2 Å². The predicted molar refractivity (Wildman–Crippen MR) is 62.6 cm³/mol. The van der Waals surface area contributed by atoms with Gasteiger partial charge in [-0.3, -0.25) is 4.99 Å². The van der Waals surface area contributed by atoms with Crippen LogP contribution in [0, 0.1) is 0 Å². The van der Waals surface area contributed by atoms with E-state index in [-0.39, 0.29) is 5.96 Å². The van der Waals surface area contributed by atoms with Crippen LogP contribution < -0.4 is 16.8 Å². The number of hydrogen-bond donors (Lipinski definition) is 3. The first-order chi connectivity index (χ1) is 7.29. The lowest BCUT2D eigenvalue weighted by Gasteiger charge is -2.03. The molecule has 0 spiro atoms. The number of unbranched alkanes of at least 4 members (excludes halogenated alkanes) is 1. The molecular formula is C10H17N5. The maximum absolute atomic E-state index is 5.20. The molecule has 1 heterocycles. The van der Waals surface area contributed by atoms with E-state index in [0.29, 0.717) is 6.54 Å². The molecule has 1 aromatic rings. The minimum Gasteiger partial charge on any atom is -0.370 e. The number of nitrogens with one attached hydrogen (secondary N) is 1. The van der Waals surface area contributed by atoms with Crippen LogP contribution in [0.3, 0.4) is 0 Å². The lowest BCUT2D eigenvalue weighted by molar-refractivity contribution is 0.772. The van der Waals surface area contributed by atoms with Gasteiger partial charge in [-0.25, -0.2) is 4.98 Å². The summed E-state index contributed by atoms with van der Waals surface area (Å²) in [6.45, 7) is 1.57. The summed E-state index contributed by atoms with van der Waals surface area (Å²) in [5, 5.41) is 3.21. The van der Waals surface area contributed by atoms with Crippen molar-refractivity contribution in [3.63, 3.8) is 0 Å². The molecule has 0 atom stereocenters. The van der Waals surface area contributed by atoms with Crippen LogP contribution in [0.4, 0.5) is 5.82 Å². The van der Waals surface area contributed by atoms with E-state index in [2.05, 4.69) is 15.3 Å². The van der Waals surface area contributed by atoms with Gasteiger partial charge >= 0.3 is 0 Å². The van der Waals surface area contributed by atoms with E-state index < -0.39 is 0 Å². The Bertz CT molecular complexity index is 292. The molecule has 0 bridgehead atoms. The number of nitrogens with two attached hydrogens (primary N) is 2. The summed E-state index contributed by atoms with van der Waals surface area (Å²) in [7, 11) is 0. The summed E-state index contributed by atoms with van der Waals surface area (Å²) in [4.78, 5) is 8.04. The molecule has 1 rings (SSSR count). The minimum absolute atomic E-state index is 0.160. The van der Waals surface area contributed by atoms with Crippen molar-refractivity contribution >= 4 is 11.8 Å². The Kier molecular flexibility index (Phi) is 5.00. The predicted octanol–water partition coefficient (Wildman–Crippen LogP) is 0.547. The molecule has 1 aromatic heterocycles. The molecule has 0 fully saturated rings. The van der Waals surface area contributed by atoms with Gasteiger partial charge in [0.25, 0.3) is 0 Å². The number of anilines is 1. The van der Waals surface area contributed by atoms with Crippen LogP contribution in [0.25, 0.3) is 0 Å². The van der Waals surface area contributed by atoms with Crippen molar-refractivity contribution in [2.75, 3.05) is 18.4 Å². The lowest BCUT2D eigenvalue weighted by atomic mass is 10.3. The standard InChI is InChI=1S/C10H17N5/c11-10(12)15-8-4-3-7-14-9-5-1-2-6-13-9/h1-2,5-6H,3-4,7-8H2,(H,13,14)(H4,11,12,15). The monoisotopic (exact) mass is 207 g/mol. The molecule has 5 nitrogen and oxygen atoms in total. The topological polar surface area (TPSA) is 89.3 Å². The number of pyridine rings is 1. The first kappa shape index (κ1) is 11.3. The van der Waals surface area contributed by atoms with E-state index in [4.69, 9.17) is 11.5 Å². The van der Waals surface area contributed by atoms with Gasteiger partial charge in [0.05, 0.1) is 0 Å². The normalized spacial score (nSPS) is 9.60. The summed E-state index contributed by atoms with van der Waals surface area (Å²) >= 11 is 0. The van der Waals surface area contributed by atoms with Crippen LogP contribution in [0.5, 0.6) is 0 Å². The van der Waals surface area contributed by atoms with E-state index in [0.717, 1.165) is 25.2 Å². The summed E-state index contributed by atoms with van der Waals surface area (Å²) in [5.74, 6) is 1.06. The average Bonchev–Trinajstić information content (AvgIpc) is 2.24. The molecule has 5 N–H and O–H groups in total. The van der Waals surface area contributed by atoms with Crippen LogP contribution in [-0.4, -0.2) is 24.0 Å². The SMILES string of the molecule is NC(N)=NCCCCNc1ccccn1. The van der Waals surface area contributed by atoms with Crippen molar-refractivity contribution in [1.82, 2.24) is 4.98 Å². The van der Waals surface area contributed by atoms with Gasteiger partial charge in [0.15, 0.2) is 5.96 Å². The zero-order chi connectivity index (χ0) is 10.9. The highest BCUT2D eigenvalue weighted by Crippen LogP contribution is 2.00. The molecule has 0 unspecified atom stereocenters. The molecule has 0 aromatic carbocycles. The van der Waals surface area contributed by atoms with E-state index in [1.54, 1.807) is 6.20 Å². The number of aliphatic imine (C=N–C) groups is 1. The Balaban J connectivity index is 2.05. The fourth-order valence-corrected chi connectivity index (χ4v) is 1.13. The van der Waals surface area contributed by atoms with E-state index in [1.165, 1.54) is 0 Å². The Labute approximate surface area is 89.6 Å². The van der Waals surface area contributed by atoms with Crippen LogP contribution in [-0.2, 0) is 0 Å². The van der Waals surface area contributed by atoms with Crippen molar-refractivity contribution in [3.8, 4) is 0 Å². The van der Waals surface area contributed by atoms with Crippen molar-refractivity contribution < 1.29 is 0 Å². The zero-order valence-electron chi connectivity index (χ0n) is 8.69. The fourth-order valence-electron chi connectivity index (χ4n) is 1.13. The summed E-state index contributed by atoms with van der Waals surface area (Å²) in [5.41, 5.74) is 10.4. The van der Waals surface area contributed by atoms with Gasteiger partial charge < -0.3 is 16.8 Å². The molecule has 0 amide bonds. The van der Waals surface area contributed by atoms with Crippen molar-refractivity contribution in [3.05, 3.63) is 24.4 Å². The zero-order valence-corrected chi connectivity index (χ0v) is 8.69. The van der Waals surface area contributed by atoms with Crippen LogP contribution >= 0.6 is 0 Å². The largest absolute Gasteiger partial charge is 0.370 e. The third kappa shape index (κ3) is 5.51. The molecule has 0 radical (unpaired) electrons. The Hall–Kier alpha value is -1.78. The Morgan fingerprint density at radius 1 is 1.33 bits per heavy atom. The van der Waals surface area contributed by atoms with Crippen molar-refractivity contribution in [2.45, 2.75) is 12.8 Å². The molecule has 5 heteroatoms. The van der Waals surface area contributed by atoms with Gasteiger partial charge in [0.2, 0.25) is 0 Å². The fraction of sp³-hybridized carbons (Fsp3) is 0.400. The number of aromatic nitrogens is 1. The van der Waals surface area contributed by atoms with Crippen LogP contribution in [0.1, 0.15) is 12.8 Å². The second kappa shape index (κ2) is 6.64. The lowest BCUT2D eigenvalue weighted by Crippen LogP contribution is -2.23. The average molecular weight is 207 g/mol. The Morgan fingerprint density at radius 3 is 2.87 bits per heavy atom. The Morgan fingerprint density at radius 2 is 2.20 bits per heavy atom. The number of hydrogen-bond acceptors (Lipinski definition) is 3. The van der Waals surface area contributed by atoms with Crippen molar-refractivity contribution in [1.29, 1.82) is 0 Å². The maximum Gasteiger partial charge on any atom is 0.185 e. The van der Waals surface area contributed by atoms with Crippen LogP contribution in [0.2, 0.25) is 0 Å². The van der Waals surface area contributed by atoms with Gasteiger partial charge in [-0.05, 0) is 25.0 Å². The second-order valence-electron chi connectivity index (χ2n) is 3.16. The summed E-state index contributed by atoms with van der Waals surface area (Å²) < 4.78 is 0. The smallest absolute Gasteiger partial charge is 0.185 e. The number of rotatable bonds is 6. The molecule has 0 saturated carbocycles. The molecule has 0 aliphatic heterocycles. The highest BCUT2D eigenvalue weighted by Gasteiger charge is 1.91. The molecule has 82 valence electrons.